The number of nitrogens with zero attached hydrogens (tertiary/aromatic N) is 3. The Morgan fingerprint density at radius 2 is 1.96 bits per heavy atom. The minimum absolute atomic E-state index is 0.186. The van der Waals surface area contributed by atoms with Crippen molar-refractivity contribution in [1.29, 1.82) is 0 Å². The number of anilines is 1. The van der Waals surface area contributed by atoms with Gasteiger partial charge in [0.1, 0.15) is 10.8 Å². The van der Waals surface area contributed by atoms with Crippen LogP contribution in [0.5, 0.6) is 0 Å². The molecule has 2 rings (SSSR count). The maximum absolute atomic E-state index is 12.5. The lowest BCUT2D eigenvalue weighted by Crippen LogP contribution is -2.17. The molecule has 9 heteroatoms. The average molecular weight is 425 g/mol. The van der Waals surface area contributed by atoms with E-state index in [1.54, 1.807) is 6.92 Å². The molecular formula is C19H28N4O3S2. The lowest BCUT2D eigenvalue weighted by Gasteiger charge is -2.11. The van der Waals surface area contributed by atoms with Crippen LogP contribution in [0.4, 0.5) is 5.00 Å². The second-order valence-electron chi connectivity index (χ2n) is 6.69. The molecule has 2 aromatic rings. The third-order valence-electron chi connectivity index (χ3n) is 4.16. The van der Waals surface area contributed by atoms with E-state index in [0.717, 1.165) is 34.4 Å². The number of amides is 1. The summed E-state index contributed by atoms with van der Waals surface area (Å²) in [6.45, 7) is 12.9. The number of thioether (sulfide) groups is 1. The van der Waals surface area contributed by atoms with Crippen molar-refractivity contribution >= 4 is 40.0 Å². The molecular weight excluding hydrogens is 396 g/mol. The molecule has 0 aromatic carbocycles. The maximum atomic E-state index is 12.5. The number of esters is 1. The fourth-order valence-corrected chi connectivity index (χ4v) is 4.56. The topological polar surface area (TPSA) is 86.1 Å². The van der Waals surface area contributed by atoms with Gasteiger partial charge in [0.05, 0.1) is 17.9 Å². The Morgan fingerprint density at radius 3 is 2.57 bits per heavy atom. The molecule has 2 heterocycles. The van der Waals surface area contributed by atoms with Crippen LogP contribution in [0.15, 0.2) is 5.16 Å². The van der Waals surface area contributed by atoms with E-state index < -0.39 is 5.97 Å². The van der Waals surface area contributed by atoms with Gasteiger partial charge in [-0.25, -0.2) is 4.79 Å². The molecule has 0 unspecified atom stereocenters. The zero-order valence-corrected chi connectivity index (χ0v) is 18.9. The largest absolute Gasteiger partial charge is 0.462 e. The second-order valence-corrected chi connectivity index (χ2v) is 8.86. The summed E-state index contributed by atoms with van der Waals surface area (Å²) in [6, 6.07) is 0. The molecule has 2 aromatic heterocycles. The summed E-state index contributed by atoms with van der Waals surface area (Å²) in [6.07, 6.45) is 0.966. The van der Waals surface area contributed by atoms with Crippen molar-refractivity contribution in [3.05, 3.63) is 21.8 Å². The number of hydrogen-bond acceptors (Lipinski definition) is 7. The highest BCUT2D eigenvalue weighted by molar-refractivity contribution is 7.99. The fourth-order valence-electron chi connectivity index (χ4n) is 2.72. The van der Waals surface area contributed by atoms with Crippen molar-refractivity contribution in [2.45, 2.75) is 65.6 Å². The molecule has 0 aliphatic rings. The van der Waals surface area contributed by atoms with Gasteiger partial charge >= 0.3 is 5.97 Å². The Morgan fingerprint density at radius 1 is 1.25 bits per heavy atom. The van der Waals surface area contributed by atoms with Crippen LogP contribution >= 0.6 is 23.1 Å². The molecule has 1 N–H and O–H groups in total. The van der Waals surface area contributed by atoms with Crippen LogP contribution in [0.1, 0.15) is 66.7 Å². The number of ether oxygens (including phenoxy) is 1. The van der Waals surface area contributed by atoms with Gasteiger partial charge < -0.3 is 14.6 Å². The number of aryl methyl sites for hydroxylation is 1. The molecule has 0 fully saturated rings. The van der Waals surface area contributed by atoms with Gasteiger partial charge in [-0.3, -0.25) is 4.79 Å². The van der Waals surface area contributed by atoms with Crippen LogP contribution in [0.25, 0.3) is 0 Å². The zero-order valence-electron chi connectivity index (χ0n) is 17.3. The lowest BCUT2D eigenvalue weighted by atomic mass is 10.1. The average Bonchev–Trinajstić information content (AvgIpc) is 3.15. The van der Waals surface area contributed by atoms with Crippen molar-refractivity contribution in [2.75, 3.05) is 17.7 Å². The summed E-state index contributed by atoms with van der Waals surface area (Å²) in [5.41, 5.74) is 1.29. The summed E-state index contributed by atoms with van der Waals surface area (Å²) < 4.78 is 7.21. The minimum Gasteiger partial charge on any atom is -0.462 e. The summed E-state index contributed by atoms with van der Waals surface area (Å²) in [4.78, 5) is 25.7. The Bertz CT molecular complexity index is 843. The van der Waals surface area contributed by atoms with Crippen molar-refractivity contribution in [1.82, 2.24) is 14.8 Å². The van der Waals surface area contributed by atoms with E-state index in [9.17, 15) is 9.59 Å². The van der Waals surface area contributed by atoms with Crippen molar-refractivity contribution in [3.63, 3.8) is 0 Å². The number of rotatable bonds is 9. The molecule has 0 saturated carbocycles. The first kappa shape index (κ1) is 22.4. The zero-order chi connectivity index (χ0) is 20.8. The van der Waals surface area contributed by atoms with Gasteiger partial charge in [-0.1, -0.05) is 32.5 Å². The number of thiophene rings is 1. The Labute approximate surface area is 174 Å². The van der Waals surface area contributed by atoms with Gasteiger partial charge in [0, 0.05) is 17.3 Å². The number of carbonyl (C=O) groups is 2. The van der Waals surface area contributed by atoms with E-state index in [1.807, 2.05) is 13.8 Å². The third kappa shape index (κ3) is 5.14. The molecule has 154 valence electrons. The quantitative estimate of drug-likeness (QED) is 0.474. The van der Waals surface area contributed by atoms with Gasteiger partial charge in [-0.05, 0) is 32.8 Å². The van der Waals surface area contributed by atoms with Gasteiger partial charge in [0.15, 0.2) is 5.16 Å². The van der Waals surface area contributed by atoms with E-state index in [1.165, 1.54) is 23.1 Å². The Balaban J connectivity index is 2.10. The van der Waals surface area contributed by atoms with Crippen LogP contribution in [0, 0.1) is 13.8 Å². The van der Waals surface area contributed by atoms with Gasteiger partial charge in [-0.15, -0.1) is 21.5 Å². The maximum Gasteiger partial charge on any atom is 0.341 e. The normalized spacial score (nSPS) is 11.1. The number of aromatic nitrogens is 3. The highest BCUT2D eigenvalue weighted by atomic mass is 32.2. The van der Waals surface area contributed by atoms with Crippen LogP contribution in [0.3, 0.4) is 0 Å². The van der Waals surface area contributed by atoms with E-state index in [4.69, 9.17) is 4.74 Å². The fraction of sp³-hybridized carbons (Fsp3) is 0.579. The van der Waals surface area contributed by atoms with Crippen molar-refractivity contribution in [2.24, 2.45) is 0 Å². The van der Waals surface area contributed by atoms with Crippen LogP contribution in [0.2, 0.25) is 0 Å². The Hall–Kier alpha value is -1.87. The second kappa shape index (κ2) is 10.1. The van der Waals surface area contributed by atoms with Gasteiger partial charge in [-0.2, -0.15) is 0 Å². The molecule has 7 nitrogen and oxygen atoms in total. The number of hydrogen-bond donors (Lipinski definition) is 1. The molecule has 0 radical (unpaired) electrons. The first-order chi connectivity index (χ1) is 13.3. The Kier molecular flexibility index (Phi) is 8.06. The van der Waals surface area contributed by atoms with E-state index in [0.29, 0.717) is 17.2 Å². The first-order valence-corrected chi connectivity index (χ1v) is 11.2. The summed E-state index contributed by atoms with van der Waals surface area (Å²) in [5, 5.41) is 12.7. The van der Waals surface area contributed by atoms with Crippen LogP contribution in [-0.2, 0) is 16.1 Å². The molecule has 28 heavy (non-hydrogen) atoms. The standard InChI is InChI=1S/C19H28N4O3S2/c1-7-9-23-16(11(3)4)21-22-19(23)27-10-14(24)20-17-15(18(25)26-8-2)12(5)13(6)28-17/h11H,7-10H2,1-6H3,(H,20,24). The van der Waals surface area contributed by atoms with Gasteiger partial charge in [0.2, 0.25) is 5.91 Å². The summed E-state index contributed by atoms with van der Waals surface area (Å²) in [7, 11) is 0. The molecule has 0 spiro atoms. The third-order valence-corrected chi connectivity index (χ3v) is 6.25. The van der Waals surface area contributed by atoms with Crippen molar-refractivity contribution < 1.29 is 14.3 Å². The predicted molar refractivity (Wildman–Crippen MR) is 114 cm³/mol. The first-order valence-electron chi connectivity index (χ1n) is 9.42. The van der Waals surface area contributed by atoms with Crippen molar-refractivity contribution in [3.8, 4) is 0 Å². The molecule has 0 aliphatic carbocycles. The molecule has 1 amide bonds. The number of carbonyl (C=O) groups excluding carboxylic acids is 2. The molecule has 0 saturated heterocycles. The monoisotopic (exact) mass is 424 g/mol. The lowest BCUT2D eigenvalue weighted by molar-refractivity contribution is -0.113. The SMILES string of the molecule is CCCn1c(SCC(=O)Nc2sc(C)c(C)c2C(=O)OCC)nnc1C(C)C. The smallest absolute Gasteiger partial charge is 0.341 e. The molecule has 0 bridgehead atoms. The van der Waals surface area contributed by atoms with Gasteiger partial charge in [0.25, 0.3) is 0 Å². The predicted octanol–water partition coefficient (Wildman–Crippen LogP) is 4.40. The van der Waals surface area contributed by atoms with Crippen LogP contribution in [-0.4, -0.2) is 39.0 Å². The highest BCUT2D eigenvalue weighted by Gasteiger charge is 2.22. The number of nitrogens with one attached hydrogen (secondary N) is 1. The summed E-state index contributed by atoms with van der Waals surface area (Å²) in [5.74, 6) is 0.800. The van der Waals surface area contributed by atoms with E-state index in [-0.39, 0.29) is 17.6 Å². The highest BCUT2D eigenvalue weighted by Crippen LogP contribution is 2.33. The van der Waals surface area contributed by atoms with Crippen LogP contribution < -0.4 is 5.32 Å². The molecule has 0 aliphatic heterocycles. The molecule has 0 atom stereocenters. The van der Waals surface area contributed by atoms with E-state index in [2.05, 4.69) is 40.9 Å². The summed E-state index contributed by atoms with van der Waals surface area (Å²) >= 11 is 2.74. The van der Waals surface area contributed by atoms with E-state index >= 15 is 0 Å². The minimum atomic E-state index is -0.406.